The van der Waals surface area contributed by atoms with Gasteiger partial charge in [0.05, 0.1) is 36.0 Å². The van der Waals surface area contributed by atoms with Gasteiger partial charge < -0.3 is 16.4 Å². The third-order valence-electron chi connectivity index (χ3n) is 3.88. The Morgan fingerprint density at radius 2 is 1.88 bits per heavy atom. The first kappa shape index (κ1) is 17.5. The third-order valence-corrected chi connectivity index (χ3v) is 3.88. The maximum Gasteiger partial charge on any atom is 0.251 e. The second-order valence-electron chi connectivity index (χ2n) is 5.81. The Hall–Kier alpha value is -3.32. The first-order valence-corrected chi connectivity index (χ1v) is 8.16. The number of hydrogen-bond acceptors (Lipinski definition) is 5. The molecule has 0 fully saturated rings. The summed E-state index contributed by atoms with van der Waals surface area (Å²) >= 11 is 0. The summed E-state index contributed by atoms with van der Waals surface area (Å²) in [7, 11) is 0. The highest BCUT2D eigenvalue weighted by atomic mass is 16.2. The van der Waals surface area contributed by atoms with Crippen LogP contribution in [0.1, 0.15) is 21.6 Å². The van der Waals surface area contributed by atoms with E-state index in [2.05, 4.69) is 20.6 Å². The van der Waals surface area contributed by atoms with E-state index >= 15 is 0 Å². The topological polar surface area (TPSA) is 110 Å². The monoisotopic (exact) mass is 349 g/mol. The molecule has 3 rings (SSSR count). The Labute approximate surface area is 150 Å². The minimum atomic E-state index is -0.313. The van der Waals surface area contributed by atoms with E-state index in [4.69, 9.17) is 5.73 Å². The highest BCUT2D eigenvalue weighted by Gasteiger charge is 2.11. The molecule has 0 aliphatic heterocycles. The number of rotatable bonds is 5. The summed E-state index contributed by atoms with van der Waals surface area (Å²) in [6.45, 7) is 1.98. The molecule has 0 radical (unpaired) electrons. The van der Waals surface area contributed by atoms with Gasteiger partial charge in [-0.2, -0.15) is 0 Å². The van der Waals surface area contributed by atoms with E-state index in [9.17, 15) is 9.59 Å². The lowest BCUT2D eigenvalue weighted by molar-refractivity contribution is -0.114. The average molecular weight is 349 g/mol. The predicted molar refractivity (Wildman–Crippen MR) is 99.6 cm³/mol. The van der Waals surface area contributed by atoms with Crippen LogP contribution in [-0.2, 0) is 11.3 Å². The summed E-state index contributed by atoms with van der Waals surface area (Å²) in [6.07, 6.45) is 1.65. The van der Waals surface area contributed by atoms with Crippen molar-refractivity contribution in [1.82, 2.24) is 15.3 Å². The molecule has 0 saturated carbocycles. The zero-order chi connectivity index (χ0) is 18.5. The number of nitrogens with zero attached hydrogens (tertiary/aromatic N) is 2. The van der Waals surface area contributed by atoms with Crippen molar-refractivity contribution in [3.8, 4) is 0 Å². The van der Waals surface area contributed by atoms with Crippen molar-refractivity contribution in [1.29, 1.82) is 0 Å². The highest BCUT2D eigenvalue weighted by molar-refractivity contribution is 5.98. The largest absolute Gasteiger partial charge is 0.346 e. The van der Waals surface area contributed by atoms with E-state index in [1.165, 1.54) is 0 Å². The van der Waals surface area contributed by atoms with Crippen LogP contribution in [0.3, 0.4) is 0 Å². The molecule has 2 aromatic carbocycles. The Kier molecular flexibility index (Phi) is 5.19. The number of nitrogens with two attached hydrogens (primary N) is 1. The number of fused-ring (bicyclic) bond motifs is 1. The first-order valence-electron chi connectivity index (χ1n) is 8.16. The highest BCUT2D eigenvalue weighted by Crippen LogP contribution is 2.16. The van der Waals surface area contributed by atoms with Gasteiger partial charge in [-0.05, 0) is 36.8 Å². The molecule has 4 N–H and O–H groups in total. The van der Waals surface area contributed by atoms with Crippen LogP contribution in [-0.4, -0.2) is 28.3 Å². The number of anilines is 1. The Bertz CT molecular complexity index is 971. The number of carbonyl (C=O) groups is 2. The van der Waals surface area contributed by atoms with Crippen LogP contribution in [0.15, 0.2) is 48.7 Å². The molecule has 0 aliphatic rings. The van der Waals surface area contributed by atoms with E-state index in [0.717, 1.165) is 16.6 Å². The van der Waals surface area contributed by atoms with Gasteiger partial charge in [-0.1, -0.05) is 18.2 Å². The Morgan fingerprint density at radius 1 is 1.12 bits per heavy atom. The van der Waals surface area contributed by atoms with Gasteiger partial charge in [-0.3, -0.25) is 14.6 Å². The lowest BCUT2D eigenvalue weighted by Crippen LogP contribution is -2.25. The van der Waals surface area contributed by atoms with E-state index in [1.807, 2.05) is 31.2 Å². The van der Waals surface area contributed by atoms with Gasteiger partial charge in [-0.25, -0.2) is 4.98 Å². The fourth-order valence-corrected chi connectivity index (χ4v) is 2.50. The van der Waals surface area contributed by atoms with E-state index < -0.39 is 0 Å². The number of hydrogen-bond donors (Lipinski definition) is 3. The van der Waals surface area contributed by atoms with Gasteiger partial charge >= 0.3 is 0 Å². The maximum absolute atomic E-state index is 12.5. The second-order valence-corrected chi connectivity index (χ2v) is 5.81. The van der Waals surface area contributed by atoms with Gasteiger partial charge in [0.1, 0.15) is 0 Å². The molecule has 3 aromatic rings. The zero-order valence-electron chi connectivity index (χ0n) is 14.3. The number of amides is 2. The number of aromatic nitrogens is 2. The molecule has 0 bridgehead atoms. The van der Waals surface area contributed by atoms with Gasteiger partial charge in [0.15, 0.2) is 0 Å². The van der Waals surface area contributed by atoms with Crippen LogP contribution in [0.4, 0.5) is 5.69 Å². The normalized spacial score (nSPS) is 10.5. The molecule has 0 atom stereocenters. The van der Waals surface area contributed by atoms with E-state index in [1.54, 1.807) is 24.4 Å². The molecular formula is C19H19N5O2. The van der Waals surface area contributed by atoms with Crippen LogP contribution in [0, 0.1) is 6.92 Å². The predicted octanol–water partition coefficient (Wildman–Crippen LogP) is 1.77. The molecule has 132 valence electrons. The van der Waals surface area contributed by atoms with Crippen LogP contribution in [0.2, 0.25) is 0 Å². The summed E-state index contributed by atoms with van der Waals surface area (Å²) in [4.78, 5) is 32.7. The van der Waals surface area contributed by atoms with Crippen LogP contribution < -0.4 is 16.4 Å². The molecule has 1 heterocycles. The third kappa shape index (κ3) is 4.01. The molecule has 0 aliphatic carbocycles. The zero-order valence-corrected chi connectivity index (χ0v) is 14.3. The van der Waals surface area contributed by atoms with Crippen molar-refractivity contribution < 1.29 is 9.59 Å². The minimum Gasteiger partial charge on any atom is -0.346 e. The fraction of sp³-hybridized carbons (Fsp3) is 0.158. The second kappa shape index (κ2) is 7.71. The van der Waals surface area contributed by atoms with Crippen molar-refractivity contribution in [2.24, 2.45) is 5.73 Å². The Morgan fingerprint density at radius 3 is 2.65 bits per heavy atom. The SMILES string of the molecule is Cc1ccc(NC(=O)CN)cc1C(=O)NCc1cnc2ccccc2n1. The summed E-state index contributed by atoms with van der Waals surface area (Å²) in [5.41, 5.74) is 9.36. The number of para-hydroxylation sites is 2. The number of benzene rings is 2. The van der Waals surface area contributed by atoms with Gasteiger partial charge in [0, 0.05) is 11.3 Å². The van der Waals surface area contributed by atoms with Crippen molar-refractivity contribution in [2.75, 3.05) is 11.9 Å². The average Bonchev–Trinajstić information content (AvgIpc) is 2.67. The minimum absolute atomic E-state index is 0.115. The van der Waals surface area contributed by atoms with Gasteiger partial charge in [0.25, 0.3) is 5.91 Å². The van der Waals surface area contributed by atoms with Crippen LogP contribution in [0.25, 0.3) is 11.0 Å². The Balaban J connectivity index is 1.72. The molecule has 1 aromatic heterocycles. The smallest absolute Gasteiger partial charge is 0.251 e. The lowest BCUT2D eigenvalue weighted by atomic mass is 10.1. The fourth-order valence-electron chi connectivity index (χ4n) is 2.50. The van der Waals surface area contributed by atoms with Crippen LogP contribution >= 0.6 is 0 Å². The van der Waals surface area contributed by atoms with Crippen LogP contribution in [0.5, 0.6) is 0 Å². The van der Waals surface area contributed by atoms with E-state index in [-0.39, 0.29) is 24.9 Å². The quantitative estimate of drug-likeness (QED) is 0.650. The van der Waals surface area contributed by atoms with Crippen molar-refractivity contribution >= 4 is 28.5 Å². The molecule has 0 saturated heterocycles. The summed E-state index contributed by atoms with van der Waals surface area (Å²) in [5.74, 6) is -0.562. The van der Waals surface area contributed by atoms with Gasteiger partial charge in [0.2, 0.25) is 5.91 Å². The van der Waals surface area contributed by atoms with E-state index in [0.29, 0.717) is 16.9 Å². The van der Waals surface area contributed by atoms with Crippen molar-refractivity contribution in [3.63, 3.8) is 0 Å². The molecule has 26 heavy (non-hydrogen) atoms. The number of aryl methyl sites for hydroxylation is 1. The summed E-state index contributed by atoms with van der Waals surface area (Å²) in [5, 5.41) is 5.48. The molecule has 7 nitrogen and oxygen atoms in total. The van der Waals surface area contributed by atoms with Crippen molar-refractivity contribution in [2.45, 2.75) is 13.5 Å². The van der Waals surface area contributed by atoms with Gasteiger partial charge in [-0.15, -0.1) is 0 Å². The summed E-state index contributed by atoms with van der Waals surface area (Å²) < 4.78 is 0. The standard InChI is InChI=1S/C19H19N5O2/c1-12-6-7-13(24-18(25)9-20)8-15(12)19(26)22-11-14-10-21-16-4-2-3-5-17(16)23-14/h2-8,10H,9,11,20H2,1H3,(H,22,26)(H,24,25). The number of nitrogens with one attached hydrogen (secondary N) is 2. The number of carbonyl (C=O) groups excluding carboxylic acids is 2. The molecule has 7 heteroatoms. The lowest BCUT2D eigenvalue weighted by Gasteiger charge is -2.10. The summed E-state index contributed by atoms with van der Waals surface area (Å²) in [6, 6.07) is 12.7. The maximum atomic E-state index is 12.5. The molecule has 0 spiro atoms. The molecule has 2 amide bonds. The molecule has 0 unspecified atom stereocenters. The van der Waals surface area contributed by atoms with Crippen molar-refractivity contribution in [3.05, 3.63) is 65.5 Å². The molecular weight excluding hydrogens is 330 g/mol. The first-order chi connectivity index (χ1) is 12.6.